The summed E-state index contributed by atoms with van der Waals surface area (Å²) in [5.41, 5.74) is 0. The standard InChI is InChI=1S/C12H22N2O3S/c1-9-7-14(8-10(2)18-9)12(17)13-6-4-3-5-11(15)16/h9-10H,3-8H2,1-2H3,(H,13,17)(H,15,16). The lowest BCUT2D eigenvalue weighted by molar-refractivity contribution is -0.137. The van der Waals surface area contributed by atoms with E-state index in [1.54, 1.807) is 0 Å². The second-order valence-corrected chi connectivity index (χ2v) is 6.63. The average Bonchev–Trinajstić information content (AvgIpc) is 2.26. The number of urea groups is 1. The van der Waals surface area contributed by atoms with Crippen molar-refractivity contribution >= 4 is 23.8 Å². The van der Waals surface area contributed by atoms with Crippen molar-refractivity contribution in [3.8, 4) is 0 Å². The zero-order valence-electron chi connectivity index (χ0n) is 11.0. The van der Waals surface area contributed by atoms with E-state index < -0.39 is 5.97 Å². The van der Waals surface area contributed by atoms with Gasteiger partial charge >= 0.3 is 12.0 Å². The molecule has 1 saturated heterocycles. The Morgan fingerprint density at radius 2 is 1.89 bits per heavy atom. The highest BCUT2D eigenvalue weighted by Crippen LogP contribution is 2.24. The quantitative estimate of drug-likeness (QED) is 0.750. The minimum atomic E-state index is -0.781. The van der Waals surface area contributed by atoms with E-state index in [-0.39, 0.29) is 12.5 Å². The van der Waals surface area contributed by atoms with Crippen molar-refractivity contribution < 1.29 is 14.7 Å². The number of carbonyl (C=O) groups excluding carboxylic acids is 1. The van der Waals surface area contributed by atoms with Gasteiger partial charge in [0.15, 0.2) is 0 Å². The van der Waals surface area contributed by atoms with Crippen LogP contribution in [0.15, 0.2) is 0 Å². The zero-order valence-corrected chi connectivity index (χ0v) is 11.8. The van der Waals surface area contributed by atoms with E-state index in [2.05, 4.69) is 19.2 Å². The molecule has 1 rings (SSSR count). The van der Waals surface area contributed by atoms with Crippen molar-refractivity contribution in [2.24, 2.45) is 0 Å². The Balaban J connectivity index is 2.18. The number of carbonyl (C=O) groups is 2. The molecule has 18 heavy (non-hydrogen) atoms. The van der Waals surface area contributed by atoms with Gasteiger partial charge in [-0.3, -0.25) is 4.79 Å². The van der Waals surface area contributed by atoms with Crippen LogP contribution in [0.25, 0.3) is 0 Å². The molecule has 1 aliphatic heterocycles. The van der Waals surface area contributed by atoms with Gasteiger partial charge in [-0.2, -0.15) is 11.8 Å². The van der Waals surface area contributed by atoms with E-state index in [0.29, 0.717) is 29.9 Å². The SMILES string of the molecule is CC1CN(C(=O)NCCCCC(=O)O)CC(C)S1. The molecule has 1 heterocycles. The first-order valence-electron chi connectivity index (χ1n) is 6.39. The Morgan fingerprint density at radius 1 is 1.28 bits per heavy atom. The van der Waals surface area contributed by atoms with Gasteiger partial charge < -0.3 is 15.3 Å². The third kappa shape index (κ3) is 5.62. The van der Waals surface area contributed by atoms with Gasteiger partial charge in [0.05, 0.1) is 0 Å². The fraction of sp³-hybridized carbons (Fsp3) is 0.833. The van der Waals surface area contributed by atoms with Gasteiger partial charge in [-0.25, -0.2) is 4.79 Å². The maximum absolute atomic E-state index is 11.9. The summed E-state index contributed by atoms with van der Waals surface area (Å²) in [5.74, 6) is -0.781. The highest BCUT2D eigenvalue weighted by molar-refractivity contribution is 8.00. The smallest absolute Gasteiger partial charge is 0.317 e. The Bertz CT molecular complexity index is 289. The maximum Gasteiger partial charge on any atom is 0.317 e. The van der Waals surface area contributed by atoms with Gasteiger partial charge in [0.1, 0.15) is 0 Å². The van der Waals surface area contributed by atoms with E-state index in [1.807, 2.05) is 16.7 Å². The molecule has 2 amide bonds. The molecule has 5 nitrogen and oxygen atoms in total. The summed E-state index contributed by atoms with van der Waals surface area (Å²) in [6.07, 6.45) is 1.49. The van der Waals surface area contributed by atoms with Crippen LogP contribution in [-0.2, 0) is 4.79 Å². The lowest BCUT2D eigenvalue weighted by atomic mass is 10.2. The first-order chi connectivity index (χ1) is 8.49. The third-order valence-electron chi connectivity index (χ3n) is 2.80. The summed E-state index contributed by atoms with van der Waals surface area (Å²) in [6, 6.07) is -0.0238. The molecule has 0 saturated carbocycles. The summed E-state index contributed by atoms with van der Waals surface area (Å²) in [5, 5.41) is 12.3. The number of amides is 2. The average molecular weight is 274 g/mol. The molecule has 0 aliphatic carbocycles. The van der Waals surface area contributed by atoms with Crippen LogP contribution in [0.4, 0.5) is 4.79 Å². The fourth-order valence-electron chi connectivity index (χ4n) is 2.05. The van der Waals surface area contributed by atoms with E-state index in [9.17, 15) is 9.59 Å². The number of nitrogens with one attached hydrogen (secondary N) is 1. The predicted molar refractivity (Wildman–Crippen MR) is 73.0 cm³/mol. The summed E-state index contributed by atoms with van der Waals surface area (Å²) < 4.78 is 0. The molecule has 6 heteroatoms. The van der Waals surface area contributed by atoms with Gasteiger partial charge in [-0.15, -0.1) is 0 Å². The Kier molecular flexibility index (Phi) is 6.32. The minimum absolute atomic E-state index is 0.0238. The zero-order chi connectivity index (χ0) is 13.5. The summed E-state index contributed by atoms with van der Waals surface area (Å²) in [6.45, 7) is 6.39. The molecule has 0 aromatic carbocycles. The highest BCUT2D eigenvalue weighted by Gasteiger charge is 2.25. The first kappa shape index (κ1) is 15.1. The van der Waals surface area contributed by atoms with E-state index in [1.165, 1.54) is 0 Å². The normalized spacial score (nSPS) is 23.8. The van der Waals surface area contributed by atoms with E-state index >= 15 is 0 Å². The second kappa shape index (κ2) is 7.51. The van der Waals surface area contributed by atoms with Gasteiger partial charge in [-0.1, -0.05) is 13.8 Å². The highest BCUT2D eigenvalue weighted by atomic mass is 32.2. The van der Waals surface area contributed by atoms with Crippen LogP contribution < -0.4 is 5.32 Å². The number of aliphatic carboxylic acids is 1. The minimum Gasteiger partial charge on any atom is -0.481 e. The molecule has 0 radical (unpaired) electrons. The number of hydrogen-bond donors (Lipinski definition) is 2. The molecule has 2 unspecified atom stereocenters. The Hall–Kier alpha value is -0.910. The topological polar surface area (TPSA) is 69.6 Å². The van der Waals surface area contributed by atoms with Crippen LogP contribution in [0, 0.1) is 0 Å². The summed E-state index contributed by atoms with van der Waals surface area (Å²) >= 11 is 1.91. The predicted octanol–water partition coefficient (Wildman–Crippen LogP) is 1.78. The van der Waals surface area contributed by atoms with Crippen LogP contribution in [-0.4, -0.2) is 52.1 Å². The molecule has 2 N–H and O–H groups in total. The van der Waals surface area contributed by atoms with Gasteiger partial charge in [0.2, 0.25) is 0 Å². The van der Waals surface area contributed by atoms with Crippen molar-refractivity contribution in [1.82, 2.24) is 10.2 Å². The van der Waals surface area contributed by atoms with Crippen molar-refractivity contribution in [1.29, 1.82) is 0 Å². The van der Waals surface area contributed by atoms with Crippen LogP contribution in [0.1, 0.15) is 33.1 Å². The molecule has 1 aliphatic rings. The van der Waals surface area contributed by atoms with Crippen LogP contribution in [0.3, 0.4) is 0 Å². The molecule has 0 aromatic heterocycles. The molecular weight excluding hydrogens is 252 g/mol. The van der Waals surface area contributed by atoms with Crippen LogP contribution in [0.5, 0.6) is 0 Å². The van der Waals surface area contributed by atoms with Crippen LogP contribution in [0.2, 0.25) is 0 Å². The lowest BCUT2D eigenvalue weighted by Gasteiger charge is -2.34. The number of hydrogen-bond acceptors (Lipinski definition) is 3. The molecule has 0 aromatic rings. The number of unbranched alkanes of at least 4 members (excludes halogenated alkanes) is 1. The third-order valence-corrected chi connectivity index (χ3v) is 4.03. The molecule has 104 valence electrons. The summed E-state index contributed by atoms with van der Waals surface area (Å²) in [7, 11) is 0. The number of carboxylic acids is 1. The Labute approximate surface area is 112 Å². The second-order valence-electron chi connectivity index (χ2n) is 4.75. The first-order valence-corrected chi connectivity index (χ1v) is 7.33. The van der Waals surface area contributed by atoms with E-state index in [0.717, 1.165) is 13.1 Å². The van der Waals surface area contributed by atoms with Crippen molar-refractivity contribution in [2.75, 3.05) is 19.6 Å². The number of rotatable bonds is 5. The number of nitrogens with zero attached hydrogens (tertiary/aromatic N) is 1. The van der Waals surface area contributed by atoms with Gasteiger partial charge in [-0.05, 0) is 12.8 Å². The van der Waals surface area contributed by atoms with Gasteiger partial charge in [0.25, 0.3) is 0 Å². The Morgan fingerprint density at radius 3 is 2.44 bits per heavy atom. The fourth-order valence-corrected chi connectivity index (χ4v) is 3.38. The molecule has 2 atom stereocenters. The lowest BCUT2D eigenvalue weighted by Crippen LogP contribution is -2.48. The summed E-state index contributed by atoms with van der Waals surface area (Å²) in [4.78, 5) is 24.0. The molecular formula is C12H22N2O3S. The van der Waals surface area contributed by atoms with E-state index in [4.69, 9.17) is 5.11 Å². The molecule has 0 bridgehead atoms. The van der Waals surface area contributed by atoms with Crippen molar-refractivity contribution in [3.63, 3.8) is 0 Å². The maximum atomic E-state index is 11.9. The monoisotopic (exact) mass is 274 g/mol. The number of thioether (sulfide) groups is 1. The molecule has 0 spiro atoms. The largest absolute Gasteiger partial charge is 0.481 e. The van der Waals surface area contributed by atoms with Crippen LogP contribution >= 0.6 is 11.8 Å². The van der Waals surface area contributed by atoms with Gasteiger partial charge in [0, 0.05) is 36.6 Å². The van der Waals surface area contributed by atoms with Crippen molar-refractivity contribution in [3.05, 3.63) is 0 Å². The molecule has 1 fully saturated rings. The van der Waals surface area contributed by atoms with Crippen molar-refractivity contribution in [2.45, 2.75) is 43.6 Å². The number of carboxylic acid groups (broad SMARTS) is 1.